The van der Waals surface area contributed by atoms with E-state index in [0.717, 1.165) is 16.9 Å². The molecule has 0 saturated carbocycles. The van der Waals surface area contributed by atoms with E-state index in [4.69, 9.17) is 11.6 Å². The molecule has 3 aromatic rings. The number of carbonyl (C=O) groups is 1. The lowest BCUT2D eigenvalue weighted by atomic mass is 10.2. The van der Waals surface area contributed by atoms with Crippen molar-refractivity contribution in [1.29, 1.82) is 0 Å². The normalized spacial score (nSPS) is 16.0. The van der Waals surface area contributed by atoms with Crippen molar-refractivity contribution in [3.8, 4) is 0 Å². The first-order valence-corrected chi connectivity index (χ1v) is 8.38. The van der Waals surface area contributed by atoms with E-state index in [1.807, 2.05) is 61.5 Å². The highest BCUT2D eigenvalue weighted by atomic mass is 35.5. The highest BCUT2D eigenvalue weighted by Crippen LogP contribution is 2.37. The van der Waals surface area contributed by atoms with E-state index < -0.39 is 0 Å². The van der Waals surface area contributed by atoms with Crippen molar-refractivity contribution in [2.75, 3.05) is 10.2 Å². The van der Waals surface area contributed by atoms with Crippen LogP contribution in [0.5, 0.6) is 0 Å². The van der Waals surface area contributed by atoms with Gasteiger partial charge >= 0.3 is 0 Å². The summed E-state index contributed by atoms with van der Waals surface area (Å²) in [6.45, 7) is 2.02. The van der Waals surface area contributed by atoms with Crippen LogP contribution in [0.25, 0.3) is 0 Å². The molecule has 0 aliphatic carbocycles. The highest BCUT2D eigenvalue weighted by Gasteiger charge is 2.38. The molecular weight excluding hydrogens is 334 g/mol. The molecule has 1 N–H and O–H groups in total. The molecule has 2 aromatic carbocycles. The van der Waals surface area contributed by atoms with Crippen molar-refractivity contribution in [2.45, 2.75) is 13.1 Å². The summed E-state index contributed by atoms with van der Waals surface area (Å²) in [4.78, 5) is 19.1. The van der Waals surface area contributed by atoms with Gasteiger partial charge < -0.3 is 5.32 Å². The van der Waals surface area contributed by atoms with Gasteiger partial charge in [0.2, 0.25) is 0 Å². The summed E-state index contributed by atoms with van der Waals surface area (Å²) in [5.41, 5.74) is 4.13. The standard InChI is InChI=1S/C20H16ClN3O/c1-13-7-9-16(10-8-13)24-19(23-15-5-2-4-14(21)12-15)18-17(20(24)25)6-3-11-22-18/h2-12,19,23H,1H3/t19-/m1/s1. The Morgan fingerprint density at radius 3 is 2.64 bits per heavy atom. The lowest BCUT2D eigenvalue weighted by molar-refractivity contribution is 0.0993. The Labute approximate surface area is 151 Å². The fraction of sp³-hybridized carbons (Fsp3) is 0.100. The summed E-state index contributed by atoms with van der Waals surface area (Å²) in [5.74, 6) is -0.0634. The summed E-state index contributed by atoms with van der Waals surface area (Å²) < 4.78 is 0. The zero-order valence-electron chi connectivity index (χ0n) is 13.6. The van der Waals surface area contributed by atoms with Crippen LogP contribution in [0.1, 0.15) is 27.8 Å². The summed E-state index contributed by atoms with van der Waals surface area (Å²) in [5, 5.41) is 4.03. The van der Waals surface area contributed by atoms with Crippen molar-refractivity contribution >= 4 is 28.9 Å². The maximum atomic E-state index is 13.0. The molecule has 0 bridgehead atoms. The van der Waals surface area contributed by atoms with E-state index in [9.17, 15) is 4.79 Å². The van der Waals surface area contributed by atoms with Crippen LogP contribution in [0, 0.1) is 6.92 Å². The second-order valence-corrected chi connectivity index (χ2v) is 6.44. The van der Waals surface area contributed by atoms with E-state index in [1.165, 1.54) is 0 Å². The molecule has 1 amide bonds. The van der Waals surface area contributed by atoms with Crippen molar-refractivity contribution < 1.29 is 4.79 Å². The first-order valence-electron chi connectivity index (χ1n) is 8.01. The molecule has 5 heteroatoms. The molecule has 0 unspecified atom stereocenters. The Hall–Kier alpha value is -2.85. The predicted octanol–water partition coefficient (Wildman–Crippen LogP) is 4.81. The van der Waals surface area contributed by atoms with Crippen molar-refractivity contribution in [3.63, 3.8) is 0 Å². The van der Waals surface area contributed by atoms with Gasteiger partial charge in [0, 0.05) is 22.6 Å². The average molecular weight is 350 g/mol. The zero-order valence-corrected chi connectivity index (χ0v) is 14.4. The topological polar surface area (TPSA) is 45.2 Å². The number of anilines is 2. The van der Waals surface area contributed by atoms with Crippen LogP contribution in [-0.4, -0.2) is 10.9 Å². The Kier molecular flexibility index (Phi) is 3.90. The molecule has 0 spiro atoms. The molecule has 0 saturated heterocycles. The van der Waals surface area contributed by atoms with Crippen molar-refractivity contribution in [2.24, 2.45) is 0 Å². The molecule has 1 aliphatic rings. The number of pyridine rings is 1. The second kappa shape index (κ2) is 6.22. The summed E-state index contributed by atoms with van der Waals surface area (Å²) in [6, 6.07) is 18.9. The fourth-order valence-electron chi connectivity index (χ4n) is 3.03. The van der Waals surface area contributed by atoms with Gasteiger partial charge in [0.1, 0.15) is 0 Å². The fourth-order valence-corrected chi connectivity index (χ4v) is 3.22. The molecule has 4 rings (SSSR count). The van der Waals surface area contributed by atoms with Crippen LogP contribution >= 0.6 is 11.6 Å². The van der Waals surface area contributed by atoms with Gasteiger partial charge in [-0.05, 0) is 49.4 Å². The summed E-state index contributed by atoms with van der Waals surface area (Å²) in [7, 11) is 0. The molecule has 0 fully saturated rings. The van der Waals surface area contributed by atoms with Gasteiger partial charge in [0.25, 0.3) is 5.91 Å². The Morgan fingerprint density at radius 2 is 1.88 bits per heavy atom. The Balaban J connectivity index is 1.78. The van der Waals surface area contributed by atoms with Crippen LogP contribution in [0.15, 0.2) is 66.9 Å². The number of fused-ring (bicyclic) bond motifs is 1. The Morgan fingerprint density at radius 1 is 1.08 bits per heavy atom. The zero-order chi connectivity index (χ0) is 17.4. The van der Waals surface area contributed by atoms with Crippen LogP contribution in [0.2, 0.25) is 5.02 Å². The van der Waals surface area contributed by atoms with Gasteiger partial charge in [0.15, 0.2) is 6.17 Å². The number of amides is 1. The number of halogens is 1. The molecular formula is C20H16ClN3O. The number of nitrogens with zero attached hydrogens (tertiary/aromatic N) is 2. The Bertz CT molecular complexity index is 940. The van der Waals surface area contributed by atoms with Crippen LogP contribution in [0.4, 0.5) is 11.4 Å². The number of rotatable bonds is 3. The van der Waals surface area contributed by atoms with E-state index in [0.29, 0.717) is 16.3 Å². The lowest BCUT2D eigenvalue weighted by Crippen LogP contribution is -2.32. The molecule has 124 valence electrons. The molecule has 1 atom stereocenters. The SMILES string of the molecule is Cc1ccc(N2C(=O)c3cccnc3[C@@H]2Nc2cccc(Cl)c2)cc1. The average Bonchev–Trinajstić information content (AvgIpc) is 2.89. The van der Waals surface area contributed by atoms with Crippen LogP contribution in [0.3, 0.4) is 0 Å². The molecule has 0 radical (unpaired) electrons. The number of aromatic nitrogens is 1. The van der Waals surface area contributed by atoms with Gasteiger partial charge in [-0.3, -0.25) is 14.7 Å². The molecule has 25 heavy (non-hydrogen) atoms. The minimum absolute atomic E-state index is 0.0634. The quantitative estimate of drug-likeness (QED) is 0.737. The van der Waals surface area contributed by atoms with Gasteiger partial charge in [-0.15, -0.1) is 0 Å². The monoisotopic (exact) mass is 349 g/mol. The van der Waals surface area contributed by atoms with E-state index in [-0.39, 0.29) is 12.1 Å². The highest BCUT2D eigenvalue weighted by molar-refractivity contribution is 6.30. The number of aryl methyl sites for hydroxylation is 1. The third kappa shape index (κ3) is 2.85. The number of carbonyl (C=O) groups excluding carboxylic acids is 1. The second-order valence-electron chi connectivity index (χ2n) is 6.00. The lowest BCUT2D eigenvalue weighted by Gasteiger charge is -2.26. The third-order valence-electron chi connectivity index (χ3n) is 4.25. The van der Waals surface area contributed by atoms with Crippen molar-refractivity contribution in [1.82, 2.24) is 4.98 Å². The van der Waals surface area contributed by atoms with Gasteiger partial charge in [-0.25, -0.2) is 0 Å². The van der Waals surface area contributed by atoms with E-state index in [1.54, 1.807) is 17.2 Å². The number of hydrogen-bond donors (Lipinski definition) is 1. The number of benzene rings is 2. The van der Waals surface area contributed by atoms with Crippen LogP contribution in [-0.2, 0) is 0 Å². The minimum atomic E-state index is -0.384. The molecule has 4 nitrogen and oxygen atoms in total. The van der Waals surface area contributed by atoms with Gasteiger partial charge in [-0.1, -0.05) is 35.4 Å². The molecule has 1 aromatic heterocycles. The summed E-state index contributed by atoms with van der Waals surface area (Å²) >= 11 is 6.09. The maximum Gasteiger partial charge on any atom is 0.262 e. The third-order valence-corrected chi connectivity index (χ3v) is 4.48. The maximum absolute atomic E-state index is 13.0. The molecule has 1 aliphatic heterocycles. The number of nitrogens with one attached hydrogen (secondary N) is 1. The smallest absolute Gasteiger partial charge is 0.262 e. The number of hydrogen-bond acceptors (Lipinski definition) is 3. The van der Waals surface area contributed by atoms with Gasteiger partial charge in [0.05, 0.1) is 11.3 Å². The minimum Gasteiger partial charge on any atom is -0.360 e. The molecule has 2 heterocycles. The first-order chi connectivity index (χ1) is 12.1. The van der Waals surface area contributed by atoms with Crippen molar-refractivity contribution in [3.05, 3.63) is 88.7 Å². The summed E-state index contributed by atoms with van der Waals surface area (Å²) in [6.07, 6.45) is 1.32. The first kappa shape index (κ1) is 15.7. The van der Waals surface area contributed by atoms with Crippen LogP contribution < -0.4 is 10.2 Å². The van der Waals surface area contributed by atoms with E-state index >= 15 is 0 Å². The van der Waals surface area contributed by atoms with Gasteiger partial charge in [-0.2, -0.15) is 0 Å². The largest absolute Gasteiger partial charge is 0.360 e. The van der Waals surface area contributed by atoms with E-state index in [2.05, 4.69) is 10.3 Å². The predicted molar refractivity (Wildman–Crippen MR) is 100 cm³/mol.